The van der Waals surface area contributed by atoms with Gasteiger partial charge in [0.1, 0.15) is 6.10 Å². The lowest BCUT2D eigenvalue weighted by Gasteiger charge is -2.44. The van der Waals surface area contributed by atoms with E-state index in [0.717, 1.165) is 24.0 Å². The molecule has 4 heteroatoms. The number of hydrogen-bond donors (Lipinski definition) is 2. The SMILES string of the molecule is C=C1C[C@H](C[C@@H](C)[C@H]2CC[C@H]3/C(=C/C=C4/C[C@H](O)[C@H](C)[C@@H](O)C4=C)CCC[C@]23C)OC1=O. The van der Waals surface area contributed by atoms with E-state index in [0.29, 0.717) is 36.2 Å². The molecule has 8 atom stereocenters. The number of hydrogen-bond acceptors (Lipinski definition) is 4. The predicted molar refractivity (Wildman–Crippen MR) is 127 cm³/mol. The molecule has 1 aliphatic heterocycles. The summed E-state index contributed by atoms with van der Waals surface area (Å²) in [4.78, 5) is 11.7. The number of ether oxygens (including phenoxy) is 1. The second-order valence-electron chi connectivity index (χ2n) is 11.2. The highest BCUT2D eigenvalue weighted by molar-refractivity contribution is 5.89. The Kier molecular flexibility index (Phi) is 6.57. The molecule has 0 bridgehead atoms. The Balaban J connectivity index is 1.48. The second-order valence-corrected chi connectivity index (χ2v) is 11.2. The van der Waals surface area contributed by atoms with Gasteiger partial charge in [-0.15, -0.1) is 0 Å². The molecule has 3 saturated carbocycles. The average molecular weight is 441 g/mol. The number of aliphatic hydroxyl groups excluding tert-OH is 2. The van der Waals surface area contributed by atoms with Crippen molar-refractivity contribution in [2.75, 3.05) is 0 Å². The van der Waals surface area contributed by atoms with E-state index in [1.807, 2.05) is 6.92 Å². The predicted octanol–water partition coefficient (Wildman–Crippen LogP) is 5.27. The van der Waals surface area contributed by atoms with E-state index in [1.54, 1.807) is 0 Å². The summed E-state index contributed by atoms with van der Waals surface area (Å²) in [7, 11) is 0. The Bertz CT molecular complexity index is 835. The van der Waals surface area contributed by atoms with E-state index in [1.165, 1.54) is 31.3 Å². The van der Waals surface area contributed by atoms with Crippen LogP contribution >= 0.6 is 0 Å². The lowest BCUT2D eigenvalue weighted by Crippen LogP contribution is -2.37. The zero-order chi connectivity index (χ0) is 23.2. The fourth-order valence-electron chi connectivity index (χ4n) is 7.20. The summed E-state index contributed by atoms with van der Waals surface area (Å²) >= 11 is 0. The summed E-state index contributed by atoms with van der Waals surface area (Å²) in [5, 5.41) is 20.7. The molecule has 4 nitrogen and oxygen atoms in total. The van der Waals surface area contributed by atoms with Gasteiger partial charge in [-0.1, -0.05) is 51.7 Å². The average Bonchev–Trinajstić information content (AvgIpc) is 3.26. The zero-order valence-corrected chi connectivity index (χ0v) is 20.0. The zero-order valence-electron chi connectivity index (χ0n) is 20.0. The van der Waals surface area contributed by atoms with Gasteiger partial charge in [0, 0.05) is 17.9 Å². The van der Waals surface area contributed by atoms with Gasteiger partial charge >= 0.3 is 5.97 Å². The Morgan fingerprint density at radius 3 is 2.66 bits per heavy atom. The highest BCUT2D eigenvalue weighted by atomic mass is 16.5. The van der Waals surface area contributed by atoms with Crippen molar-refractivity contribution in [3.05, 3.63) is 47.6 Å². The molecule has 0 aromatic rings. The topological polar surface area (TPSA) is 66.8 Å². The summed E-state index contributed by atoms with van der Waals surface area (Å²) < 4.78 is 5.53. The number of fused-ring (bicyclic) bond motifs is 1. The molecular formula is C28H40O4. The van der Waals surface area contributed by atoms with Gasteiger partial charge in [0.2, 0.25) is 0 Å². The largest absolute Gasteiger partial charge is 0.459 e. The van der Waals surface area contributed by atoms with Gasteiger partial charge in [0.25, 0.3) is 0 Å². The molecule has 3 aliphatic carbocycles. The molecule has 0 aromatic carbocycles. The maximum absolute atomic E-state index is 11.7. The fraction of sp³-hybridized carbons (Fsp3) is 0.679. The molecule has 0 amide bonds. The van der Waals surface area contributed by atoms with Crippen molar-refractivity contribution in [3.63, 3.8) is 0 Å². The molecular weight excluding hydrogens is 400 g/mol. The van der Waals surface area contributed by atoms with Gasteiger partial charge in [-0.25, -0.2) is 4.79 Å². The number of esters is 1. The lowest BCUT2D eigenvalue weighted by atomic mass is 9.60. The van der Waals surface area contributed by atoms with Crippen LogP contribution in [0.3, 0.4) is 0 Å². The van der Waals surface area contributed by atoms with Crippen molar-refractivity contribution in [2.45, 2.75) is 90.4 Å². The van der Waals surface area contributed by atoms with Crippen LogP contribution in [0.1, 0.15) is 72.1 Å². The fourth-order valence-corrected chi connectivity index (χ4v) is 7.20. The number of rotatable bonds is 4. The number of allylic oxidation sites excluding steroid dienone is 3. The number of carbonyl (C=O) groups excluding carboxylic acids is 1. The second kappa shape index (κ2) is 8.95. The number of aliphatic hydroxyl groups is 2. The summed E-state index contributed by atoms with van der Waals surface area (Å²) in [5.41, 5.74) is 4.14. The first-order valence-electron chi connectivity index (χ1n) is 12.5. The van der Waals surface area contributed by atoms with E-state index in [2.05, 4.69) is 39.2 Å². The molecule has 1 heterocycles. The smallest absolute Gasteiger partial charge is 0.333 e. The van der Waals surface area contributed by atoms with Gasteiger partial charge in [0.05, 0.1) is 12.2 Å². The van der Waals surface area contributed by atoms with Gasteiger partial charge in [-0.05, 0) is 79.3 Å². The highest BCUT2D eigenvalue weighted by Gasteiger charge is 2.51. The van der Waals surface area contributed by atoms with Crippen molar-refractivity contribution < 1.29 is 19.7 Å². The van der Waals surface area contributed by atoms with Crippen LogP contribution in [0.5, 0.6) is 0 Å². The molecule has 2 N–H and O–H groups in total. The quantitative estimate of drug-likeness (QED) is 0.462. The van der Waals surface area contributed by atoms with Crippen LogP contribution in [0, 0.1) is 29.1 Å². The van der Waals surface area contributed by atoms with Crippen LogP contribution in [0.2, 0.25) is 0 Å². The van der Waals surface area contributed by atoms with Gasteiger partial charge in [-0.2, -0.15) is 0 Å². The summed E-state index contributed by atoms with van der Waals surface area (Å²) in [6.45, 7) is 14.6. The molecule has 0 radical (unpaired) electrons. The van der Waals surface area contributed by atoms with Crippen LogP contribution < -0.4 is 0 Å². The Morgan fingerprint density at radius 2 is 1.97 bits per heavy atom. The summed E-state index contributed by atoms with van der Waals surface area (Å²) in [6.07, 6.45) is 11.4. The molecule has 4 fully saturated rings. The lowest BCUT2D eigenvalue weighted by molar-refractivity contribution is -0.139. The molecule has 1 saturated heterocycles. The van der Waals surface area contributed by atoms with Crippen LogP contribution in [-0.4, -0.2) is 34.5 Å². The minimum Gasteiger partial charge on any atom is -0.459 e. The van der Waals surface area contributed by atoms with Crippen LogP contribution in [-0.2, 0) is 9.53 Å². The maximum Gasteiger partial charge on any atom is 0.333 e. The Labute approximate surface area is 193 Å². The van der Waals surface area contributed by atoms with E-state index in [4.69, 9.17) is 4.74 Å². The van der Waals surface area contributed by atoms with Crippen LogP contribution in [0.15, 0.2) is 47.6 Å². The van der Waals surface area contributed by atoms with Crippen molar-refractivity contribution in [2.24, 2.45) is 29.1 Å². The molecule has 4 rings (SSSR count). The van der Waals surface area contributed by atoms with Crippen molar-refractivity contribution >= 4 is 5.97 Å². The first-order chi connectivity index (χ1) is 15.1. The summed E-state index contributed by atoms with van der Waals surface area (Å²) in [6, 6.07) is 0. The monoisotopic (exact) mass is 440 g/mol. The van der Waals surface area contributed by atoms with Crippen LogP contribution in [0.25, 0.3) is 0 Å². The normalized spacial score (nSPS) is 43.6. The summed E-state index contributed by atoms with van der Waals surface area (Å²) in [5.74, 6) is 1.33. The van der Waals surface area contributed by atoms with Crippen molar-refractivity contribution in [1.29, 1.82) is 0 Å². The Hall–Kier alpha value is -1.65. The van der Waals surface area contributed by atoms with Gasteiger partial charge < -0.3 is 14.9 Å². The minimum absolute atomic E-state index is 0.00598. The van der Waals surface area contributed by atoms with E-state index in [9.17, 15) is 15.0 Å². The number of cyclic esters (lactones) is 1. The molecule has 32 heavy (non-hydrogen) atoms. The van der Waals surface area contributed by atoms with Gasteiger partial charge in [-0.3, -0.25) is 0 Å². The molecule has 0 aromatic heterocycles. The molecule has 0 unspecified atom stereocenters. The first-order valence-corrected chi connectivity index (χ1v) is 12.5. The third-order valence-electron chi connectivity index (χ3n) is 9.20. The standard InChI is InChI=1S/C28H40O4/c1-16(13-22-14-17(2)27(31)32-22)23-10-11-24-20(7-6-12-28(23,24)5)8-9-21-15-25(29)19(4)26(30)18(21)3/h8-9,16,19,22-26,29-30H,2-3,6-7,10-15H2,1,4-5H3/b20-8+,21-9-/t16-,19+,22+,23-,24+,25+,26+,28-/m1/s1. The molecule has 0 spiro atoms. The Morgan fingerprint density at radius 1 is 1.22 bits per heavy atom. The van der Waals surface area contributed by atoms with E-state index in [-0.39, 0.29) is 23.4 Å². The molecule has 176 valence electrons. The van der Waals surface area contributed by atoms with E-state index < -0.39 is 12.2 Å². The highest BCUT2D eigenvalue weighted by Crippen LogP contribution is 2.60. The van der Waals surface area contributed by atoms with E-state index >= 15 is 0 Å². The van der Waals surface area contributed by atoms with Crippen molar-refractivity contribution in [1.82, 2.24) is 0 Å². The third kappa shape index (κ3) is 4.17. The third-order valence-corrected chi connectivity index (χ3v) is 9.20. The first kappa shape index (κ1) is 23.5. The number of carbonyl (C=O) groups is 1. The van der Waals surface area contributed by atoms with Crippen LogP contribution in [0.4, 0.5) is 0 Å². The minimum atomic E-state index is -0.669. The van der Waals surface area contributed by atoms with Gasteiger partial charge in [0.15, 0.2) is 0 Å². The van der Waals surface area contributed by atoms with Crippen molar-refractivity contribution in [3.8, 4) is 0 Å². The molecule has 4 aliphatic rings. The maximum atomic E-state index is 11.7.